The minimum Gasteiger partial charge on any atom is -0.490 e. The Bertz CT molecular complexity index is 588. The van der Waals surface area contributed by atoms with Crippen molar-refractivity contribution in [2.45, 2.75) is 45.3 Å². The quantitative estimate of drug-likeness (QED) is 0.801. The van der Waals surface area contributed by atoms with Crippen molar-refractivity contribution in [1.82, 2.24) is 5.32 Å². The first-order valence-corrected chi connectivity index (χ1v) is 8.70. The molecule has 0 bridgehead atoms. The predicted octanol–water partition coefficient (Wildman–Crippen LogP) is 4.69. The van der Waals surface area contributed by atoms with Crippen molar-refractivity contribution in [3.8, 4) is 5.75 Å². The first kappa shape index (κ1) is 14.6. The molecule has 1 aromatic heterocycles. The molecule has 1 heterocycles. The minimum atomic E-state index is 0.271. The molecule has 1 saturated carbocycles. The summed E-state index contributed by atoms with van der Waals surface area (Å²) in [6, 6.07) is 11.0. The Kier molecular flexibility index (Phi) is 4.61. The topological polar surface area (TPSA) is 21.3 Å². The molecule has 0 radical (unpaired) electrons. The molecule has 1 unspecified atom stereocenters. The van der Waals surface area contributed by atoms with Gasteiger partial charge >= 0.3 is 0 Å². The van der Waals surface area contributed by atoms with Crippen LogP contribution >= 0.6 is 11.3 Å². The van der Waals surface area contributed by atoms with Crippen LogP contribution in [-0.4, -0.2) is 12.6 Å². The van der Waals surface area contributed by atoms with E-state index in [1.165, 1.54) is 28.8 Å². The molecule has 1 aliphatic rings. The van der Waals surface area contributed by atoms with E-state index in [-0.39, 0.29) is 6.04 Å². The number of rotatable bonds is 7. The largest absolute Gasteiger partial charge is 0.490 e. The zero-order chi connectivity index (χ0) is 14.7. The van der Waals surface area contributed by atoms with Gasteiger partial charge in [0, 0.05) is 4.88 Å². The van der Waals surface area contributed by atoms with Crippen LogP contribution < -0.4 is 10.1 Å². The highest BCUT2D eigenvalue weighted by atomic mass is 32.1. The highest BCUT2D eigenvalue weighted by molar-refractivity contribution is 7.10. The fraction of sp³-hybridized carbons (Fsp3) is 0.444. The first-order chi connectivity index (χ1) is 10.3. The number of hydrogen-bond donors (Lipinski definition) is 1. The van der Waals surface area contributed by atoms with Gasteiger partial charge in [-0.1, -0.05) is 19.1 Å². The lowest BCUT2D eigenvalue weighted by molar-refractivity contribution is 0.302. The molecule has 21 heavy (non-hydrogen) atoms. The van der Waals surface area contributed by atoms with Gasteiger partial charge in [0.2, 0.25) is 0 Å². The summed E-state index contributed by atoms with van der Waals surface area (Å²) < 4.78 is 5.94. The maximum atomic E-state index is 5.94. The fourth-order valence-electron chi connectivity index (χ4n) is 2.48. The molecule has 1 atom stereocenters. The van der Waals surface area contributed by atoms with Crippen LogP contribution in [0, 0.1) is 6.92 Å². The monoisotopic (exact) mass is 301 g/mol. The Morgan fingerprint density at radius 2 is 2.19 bits per heavy atom. The number of ether oxygens (including phenoxy) is 1. The average molecular weight is 301 g/mol. The minimum absolute atomic E-state index is 0.271. The van der Waals surface area contributed by atoms with E-state index in [1.54, 1.807) is 0 Å². The summed E-state index contributed by atoms with van der Waals surface area (Å²) in [6.07, 6.45) is 3.99. The molecular weight excluding hydrogens is 278 g/mol. The van der Waals surface area contributed by atoms with Crippen LogP contribution in [0.2, 0.25) is 0 Å². The summed E-state index contributed by atoms with van der Waals surface area (Å²) in [4.78, 5) is 1.41. The highest BCUT2D eigenvalue weighted by Gasteiger charge is 2.24. The summed E-state index contributed by atoms with van der Waals surface area (Å²) in [5.74, 6) is 1.01. The van der Waals surface area contributed by atoms with Crippen LogP contribution in [-0.2, 0) is 0 Å². The number of benzene rings is 1. The second-order valence-corrected chi connectivity index (χ2v) is 6.69. The Hall–Kier alpha value is -1.32. The molecule has 1 fully saturated rings. The summed E-state index contributed by atoms with van der Waals surface area (Å²) in [6.45, 7) is 5.42. The third kappa shape index (κ3) is 3.66. The number of hydrogen-bond acceptors (Lipinski definition) is 3. The van der Waals surface area contributed by atoms with Crippen molar-refractivity contribution in [1.29, 1.82) is 0 Å². The average Bonchev–Trinajstić information content (AvgIpc) is 3.20. The molecule has 112 valence electrons. The van der Waals surface area contributed by atoms with Gasteiger partial charge in [-0.3, -0.25) is 0 Å². The smallest absolute Gasteiger partial charge is 0.120 e. The molecular formula is C18H23NOS. The third-order valence-corrected chi connectivity index (χ3v) is 4.86. The maximum Gasteiger partial charge on any atom is 0.120 e. The Balaban J connectivity index is 1.86. The fourth-order valence-corrected chi connectivity index (χ4v) is 3.50. The number of aryl methyl sites for hydroxylation is 1. The van der Waals surface area contributed by atoms with Gasteiger partial charge < -0.3 is 10.1 Å². The third-order valence-electron chi connectivity index (χ3n) is 3.78. The lowest BCUT2D eigenvalue weighted by Crippen LogP contribution is -2.23. The normalized spacial score (nSPS) is 15.9. The molecule has 0 saturated heterocycles. The standard InChI is InChI=1S/C18H23NOS/c1-3-10-19-17(18-13(2)9-11-21-18)14-5-4-6-16(12-14)20-15-7-8-15/h4-6,9,11-12,15,17,19H,3,7-8,10H2,1-2H3. The zero-order valence-corrected chi connectivity index (χ0v) is 13.6. The van der Waals surface area contributed by atoms with E-state index in [1.807, 2.05) is 11.3 Å². The van der Waals surface area contributed by atoms with Crippen LogP contribution in [0.25, 0.3) is 0 Å². The van der Waals surface area contributed by atoms with Crippen LogP contribution in [0.3, 0.4) is 0 Å². The van der Waals surface area contributed by atoms with Crippen molar-refractivity contribution in [2.24, 2.45) is 0 Å². The van der Waals surface area contributed by atoms with Crippen molar-refractivity contribution >= 4 is 11.3 Å². The number of nitrogens with one attached hydrogen (secondary N) is 1. The van der Waals surface area contributed by atoms with Crippen molar-refractivity contribution in [3.63, 3.8) is 0 Å². The lowest BCUT2D eigenvalue weighted by atomic mass is 10.0. The van der Waals surface area contributed by atoms with Crippen LogP contribution in [0.15, 0.2) is 35.7 Å². The molecule has 0 amide bonds. The molecule has 0 spiro atoms. The van der Waals surface area contributed by atoms with E-state index < -0.39 is 0 Å². The Morgan fingerprint density at radius 1 is 1.33 bits per heavy atom. The van der Waals surface area contributed by atoms with E-state index in [2.05, 4.69) is 54.9 Å². The van der Waals surface area contributed by atoms with Gasteiger partial charge in [0.05, 0.1) is 12.1 Å². The van der Waals surface area contributed by atoms with Crippen LogP contribution in [0.4, 0.5) is 0 Å². The SMILES string of the molecule is CCCNC(c1cccc(OC2CC2)c1)c1sccc1C. The van der Waals surface area contributed by atoms with Crippen molar-refractivity contribution in [2.75, 3.05) is 6.54 Å². The second-order valence-electron chi connectivity index (χ2n) is 5.74. The molecule has 1 N–H and O–H groups in total. The van der Waals surface area contributed by atoms with Gasteiger partial charge in [0.1, 0.15) is 5.75 Å². The molecule has 1 aromatic carbocycles. The van der Waals surface area contributed by atoms with Gasteiger partial charge in [-0.05, 0) is 67.4 Å². The van der Waals surface area contributed by atoms with E-state index in [0.717, 1.165) is 18.7 Å². The molecule has 3 heteroatoms. The van der Waals surface area contributed by atoms with E-state index >= 15 is 0 Å². The summed E-state index contributed by atoms with van der Waals surface area (Å²) in [5, 5.41) is 5.86. The molecule has 3 rings (SSSR count). The molecule has 1 aliphatic carbocycles. The summed E-state index contributed by atoms with van der Waals surface area (Å²) in [5.41, 5.74) is 2.66. The second kappa shape index (κ2) is 6.63. The van der Waals surface area contributed by atoms with E-state index in [4.69, 9.17) is 4.74 Å². The van der Waals surface area contributed by atoms with Gasteiger partial charge in [-0.25, -0.2) is 0 Å². The lowest BCUT2D eigenvalue weighted by Gasteiger charge is -2.20. The Labute approximate surface area is 131 Å². The zero-order valence-electron chi connectivity index (χ0n) is 12.8. The van der Waals surface area contributed by atoms with Gasteiger partial charge in [0.25, 0.3) is 0 Å². The van der Waals surface area contributed by atoms with Gasteiger partial charge in [-0.15, -0.1) is 11.3 Å². The van der Waals surface area contributed by atoms with E-state index in [0.29, 0.717) is 6.10 Å². The van der Waals surface area contributed by atoms with Crippen molar-refractivity contribution in [3.05, 3.63) is 51.7 Å². The summed E-state index contributed by atoms with van der Waals surface area (Å²) in [7, 11) is 0. The molecule has 0 aliphatic heterocycles. The predicted molar refractivity (Wildman–Crippen MR) is 89.3 cm³/mol. The first-order valence-electron chi connectivity index (χ1n) is 7.82. The van der Waals surface area contributed by atoms with Crippen LogP contribution in [0.5, 0.6) is 5.75 Å². The number of thiophene rings is 1. The van der Waals surface area contributed by atoms with Gasteiger partial charge in [-0.2, -0.15) is 0 Å². The summed E-state index contributed by atoms with van der Waals surface area (Å²) >= 11 is 1.83. The highest BCUT2D eigenvalue weighted by Crippen LogP contribution is 2.33. The molecule has 2 aromatic rings. The van der Waals surface area contributed by atoms with Gasteiger partial charge in [0.15, 0.2) is 0 Å². The van der Waals surface area contributed by atoms with E-state index in [9.17, 15) is 0 Å². The maximum absolute atomic E-state index is 5.94. The van der Waals surface area contributed by atoms with Crippen molar-refractivity contribution < 1.29 is 4.74 Å². The molecule has 2 nitrogen and oxygen atoms in total. The van der Waals surface area contributed by atoms with Crippen LogP contribution in [0.1, 0.15) is 48.2 Å². The Morgan fingerprint density at radius 3 is 2.86 bits per heavy atom.